The Morgan fingerprint density at radius 2 is 2.00 bits per heavy atom. The van der Waals surface area contributed by atoms with E-state index >= 15 is 0 Å². The van der Waals surface area contributed by atoms with Crippen molar-refractivity contribution in [2.24, 2.45) is 0 Å². The van der Waals surface area contributed by atoms with Gasteiger partial charge in [0.2, 0.25) is 0 Å². The molecule has 0 aliphatic heterocycles. The number of carbonyl (C=O) groups is 1. The smallest absolute Gasteiger partial charge is 0.288 e. The van der Waals surface area contributed by atoms with Crippen molar-refractivity contribution in [1.29, 1.82) is 0 Å². The van der Waals surface area contributed by atoms with Crippen molar-refractivity contribution in [2.75, 3.05) is 5.32 Å². The number of pyridine rings is 1. The number of para-hydroxylation sites is 1. The maximum Gasteiger partial charge on any atom is 0.288 e. The first-order valence-electron chi connectivity index (χ1n) is 5.57. The van der Waals surface area contributed by atoms with E-state index in [-0.39, 0.29) is 22.0 Å². The Morgan fingerprint density at radius 1 is 1.25 bits per heavy atom. The highest BCUT2D eigenvalue weighted by Gasteiger charge is 2.15. The summed E-state index contributed by atoms with van der Waals surface area (Å²) in [5.74, 6) is -3.52. The Balaban J connectivity index is 2.22. The number of aromatic nitrogens is 1. The van der Waals surface area contributed by atoms with Crippen LogP contribution in [0.2, 0.25) is 0 Å². The summed E-state index contributed by atoms with van der Waals surface area (Å²) in [6.07, 6.45) is 1.36. The van der Waals surface area contributed by atoms with E-state index in [0.717, 1.165) is 0 Å². The molecule has 20 heavy (non-hydrogen) atoms. The molecule has 4 nitrogen and oxygen atoms in total. The van der Waals surface area contributed by atoms with Crippen LogP contribution in [0, 0.1) is 0 Å². The summed E-state index contributed by atoms with van der Waals surface area (Å²) in [7, 11) is 0. The molecule has 1 aromatic carbocycles. The van der Waals surface area contributed by atoms with Gasteiger partial charge in [-0.1, -0.05) is 23.9 Å². The molecular weight excluding hydrogens is 286 g/mol. The fourth-order valence-electron chi connectivity index (χ4n) is 1.52. The van der Waals surface area contributed by atoms with Crippen LogP contribution in [0.5, 0.6) is 5.75 Å². The highest BCUT2D eigenvalue weighted by atomic mass is 32.2. The van der Waals surface area contributed by atoms with Gasteiger partial charge in [-0.3, -0.25) is 4.79 Å². The third-order valence-electron chi connectivity index (χ3n) is 2.35. The first-order valence-corrected chi connectivity index (χ1v) is 6.45. The van der Waals surface area contributed by atoms with Crippen molar-refractivity contribution in [2.45, 2.75) is 10.7 Å². The van der Waals surface area contributed by atoms with Crippen LogP contribution in [0.15, 0.2) is 47.5 Å². The second kappa shape index (κ2) is 6.33. The quantitative estimate of drug-likeness (QED) is 0.849. The molecule has 2 aromatic rings. The van der Waals surface area contributed by atoms with Crippen LogP contribution in [-0.2, 0) is 0 Å². The van der Waals surface area contributed by atoms with Gasteiger partial charge in [-0.2, -0.15) is 8.78 Å². The van der Waals surface area contributed by atoms with E-state index in [0.29, 0.717) is 11.8 Å². The summed E-state index contributed by atoms with van der Waals surface area (Å²) < 4.78 is 24.8. The summed E-state index contributed by atoms with van der Waals surface area (Å²) in [6, 6.07) is 8.99. The molecule has 2 N–H and O–H groups in total. The number of anilines is 1. The first kappa shape index (κ1) is 14.3. The molecule has 0 unspecified atom stereocenters. The van der Waals surface area contributed by atoms with Gasteiger partial charge in [-0.15, -0.1) is 0 Å². The molecule has 0 radical (unpaired) electrons. The van der Waals surface area contributed by atoms with E-state index in [1.807, 2.05) is 0 Å². The van der Waals surface area contributed by atoms with Gasteiger partial charge in [0.25, 0.3) is 11.7 Å². The van der Waals surface area contributed by atoms with Crippen LogP contribution in [0.3, 0.4) is 0 Å². The zero-order valence-corrected chi connectivity index (χ0v) is 10.9. The molecule has 0 aliphatic rings. The predicted octanol–water partition coefficient (Wildman–Crippen LogP) is 3.35. The minimum atomic E-state index is -2.59. The summed E-state index contributed by atoms with van der Waals surface area (Å²) in [5.41, 5.74) is 0.0807. The summed E-state index contributed by atoms with van der Waals surface area (Å²) >= 11 is 0.335. The number of benzene rings is 1. The molecule has 2 rings (SSSR count). The summed E-state index contributed by atoms with van der Waals surface area (Å²) in [4.78, 5) is 15.9. The van der Waals surface area contributed by atoms with Gasteiger partial charge in [0.1, 0.15) is 5.75 Å². The molecule has 0 aliphatic carbocycles. The first-order chi connectivity index (χ1) is 9.58. The van der Waals surface area contributed by atoms with E-state index in [4.69, 9.17) is 0 Å². The Bertz CT molecular complexity index is 623. The molecule has 7 heteroatoms. The fourth-order valence-corrected chi connectivity index (χ4v) is 2.12. The highest BCUT2D eigenvalue weighted by Crippen LogP contribution is 2.32. The van der Waals surface area contributed by atoms with Gasteiger partial charge in [0.05, 0.1) is 5.69 Å². The van der Waals surface area contributed by atoms with E-state index in [1.54, 1.807) is 12.1 Å². The van der Waals surface area contributed by atoms with Crippen LogP contribution in [-0.4, -0.2) is 21.8 Å². The molecule has 1 aromatic heterocycles. The Morgan fingerprint density at radius 3 is 2.70 bits per heavy atom. The van der Waals surface area contributed by atoms with Crippen molar-refractivity contribution in [1.82, 2.24) is 4.98 Å². The molecule has 0 saturated heterocycles. The number of nitrogens with one attached hydrogen (secondary N) is 1. The topological polar surface area (TPSA) is 62.2 Å². The lowest BCUT2D eigenvalue weighted by molar-refractivity contribution is 0.101. The van der Waals surface area contributed by atoms with Crippen LogP contribution in [0.4, 0.5) is 14.5 Å². The summed E-state index contributed by atoms with van der Waals surface area (Å²) in [5, 5.41) is 12.0. The maximum absolute atomic E-state index is 12.4. The molecule has 1 heterocycles. The van der Waals surface area contributed by atoms with Gasteiger partial charge < -0.3 is 10.4 Å². The van der Waals surface area contributed by atoms with Crippen molar-refractivity contribution >= 4 is 23.4 Å². The number of thioether (sulfide) groups is 1. The number of hydrogen-bond acceptors (Lipinski definition) is 4. The van der Waals surface area contributed by atoms with E-state index in [2.05, 4.69) is 10.3 Å². The lowest BCUT2D eigenvalue weighted by atomic mass is 10.2. The van der Waals surface area contributed by atoms with Crippen molar-refractivity contribution in [3.8, 4) is 5.75 Å². The number of alkyl halides is 2. The van der Waals surface area contributed by atoms with E-state index in [9.17, 15) is 18.7 Å². The number of rotatable bonds is 4. The van der Waals surface area contributed by atoms with Gasteiger partial charge in [-0.05, 0) is 24.3 Å². The van der Waals surface area contributed by atoms with Crippen LogP contribution < -0.4 is 5.32 Å². The second-order valence-corrected chi connectivity index (χ2v) is 4.73. The van der Waals surface area contributed by atoms with Crippen molar-refractivity contribution in [3.63, 3.8) is 0 Å². The third-order valence-corrected chi connectivity index (χ3v) is 3.14. The molecule has 0 bridgehead atoms. The van der Waals surface area contributed by atoms with Gasteiger partial charge in [-0.25, -0.2) is 4.98 Å². The number of hydrogen-bond donors (Lipinski definition) is 2. The van der Waals surface area contributed by atoms with Crippen LogP contribution in [0.25, 0.3) is 0 Å². The average molecular weight is 296 g/mol. The van der Waals surface area contributed by atoms with E-state index < -0.39 is 11.7 Å². The number of amides is 1. The van der Waals surface area contributed by atoms with Crippen molar-refractivity contribution in [3.05, 3.63) is 48.3 Å². The molecule has 0 atom stereocenters. The number of aromatic hydroxyl groups is 1. The number of halogens is 2. The zero-order valence-electron chi connectivity index (χ0n) is 10.1. The fraction of sp³-hybridized carbons (Fsp3) is 0.0769. The van der Waals surface area contributed by atoms with Gasteiger partial charge in [0.15, 0.2) is 5.69 Å². The van der Waals surface area contributed by atoms with Crippen LogP contribution >= 0.6 is 11.8 Å². The van der Waals surface area contributed by atoms with Crippen LogP contribution in [0.1, 0.15) is 10.5 Å². The standard InChI is InChI=1S/C13H10F2N2O2S/c14-13(15)20-10-6-2-1-4-8(10)17-12(19)11-9(18)5-3-7-16-11/h1-7,13,18H,(H,17,19). The Hall–Kier alpha value is -2.15. The molecule has 0 fully saturated rings. The third kappa shape index (κ3) is 3.45. The monoisotopic (exact) mass is 296 g/mol. The number of nitrogens with zero attached hydrogens (tertiary/aromatic N) is 1. The predicted molar refractivity (Wildman–Crippen MR) is 72.2 cm³/mol. The minimum Gasteiger partial charge on any atom is -0.505 e. The maximum atomic E-state index is 12.4. The molecule has 1 amide bonds. The normalized spacial score (nSPS) is 10.6. The average Bonchev–Trinajstić information content (AvgIpc) is 2.41. The lowest BCUT2D eigenvalue weighted by Gasteiger charge is -2.10. The second-order valence-electron chi connectivity index (χ2n) is 3.70. The summed E-state index contributed by atoms with van der Waals surface area (Å²) in [6.45, 7) is 0. The molecular formula is C13H10F2N2O2S. The number of carbonyl (C=O) groups excluding carboxylic acids is 1. The van der Waals surface area contributed by atoms with Gasteiger partial charge in [0, 0.05) is 11.1 Å². The molecule has 0 spiro atoms. The van der Waals surface area contributed by atoms with E-state index in [1.165, 1.54) is 30.5 Å². The highest BCUT2D eigenvalue weighted by molar-refractivity contribution is 7.99. The minimum absolute atomic E-state index is 0.163. The molecule has 0 saturated carbocycles. The van der Waals surface area contributed by atoms with Gasteiger partial charge >= 0.3 is 0 Å². The molecule has 104 valence electrons. The largest absolute Gasteiger partial charge is 0.505 e. The Kier molecular flexibility index (Phi) is 4.52. The van der Waals surface area contributed by atoms with Crippen molar-refractivity contribution < 1.29 is 18.7 Å². The SMILES string of the molecule is O=C(Nc1ccccc1SC(F)F)c1ncccc1O. The zero-order chi connectivity index (χ0) is 14.5. The Labute approximate surface area is 117 Å². The lowest BCUT2D eigenvalue weighted by Crippen LogP contribution is -2.14.